The van der Waals surface area contributed by atoms with E-state index in [4.69, 9.17) is 11.3 Å². The largest absolute Gasteiger partial charge is 0.493 e. The highest BCUT2D eigenvalue weighted by Crippen LogP contribution is 2.32. The maximum atomic E-state index is 14.6. The minimum Gasteiger partial charge on any atom is -0.493 e. The molecule has 34 heavy (non-hydrogen) atoms. The van der Waals surface area contributed by atoms with Crippen molar-refractivity contribution in [2.24, 2.45) is 7.05 Å². The van der Waals surface area contributed by atoms with Gasteiger partial charge in [-0.25, -0.2) is 9.37 Å². The first-order valence-electron chi connectivity index (χ1n) is 10.6. The van der Waals surface area contributed by atoms with Gasteiger partial charge in [0.1, 0.15) is 11.6 Å². The summed E-state index contributed by atoms with van der Waals surface area (Å²) in [5.41, 5.74) is 3.36. The Labute approximate surface area is 194 Å². The van der Waals surface area contributed by atoms with E-state index in [2.05, 4.69) is 25.2 Å². The smallest absolute Gasteiger partial charge is 0.288 e. The number of ether oxygens (including phenoxy) is 1. The molecule has 4 heterocycles. The third-order valence-electron chi connectivity index (χ3n) is 5.74. The molecule has 1 aliphatic heterocycles. The fourth-order valence-corrected chi connectivity index (χ4v) is 4.06. The number of carbonyl (C=O) groups excluding carboxylic acids is 1. The van der Waals surface area contributed by atoms with Crippen molar-refractivity contribution >= 4 is 23.3 Å². The van der Waals surface area contributed by atoms with Crippen LogP contribution in [0.15, 0.2) is 30.6 Å². The van der Waals surface area contributed by atoms with Crippen molar-refractivity contribution in [1.29, 1.82) is 0 Å². The number of nitrogens with zero attached hydrogens (tertiary/aromatic N) is 7. The standard InChI is InChI=1S/C23H21FN8O2/c1-25-20-12-32-21(28-20)15(18-9-17(29-31(18)4)22(33)30(2)3)11-27-23(32)26-10-14-13-7-8-34-19(13)6-5-16(14)24/h5-6,9,11-12H,7-8,10H2,2-4H3,(H,26,27). The van der Waals surface area contributed by atoms with Gasteiger partial charge in [-0.2, -0.15) is 5.10 Å². The van der Waals surface area contributed by atoms with E-state index in [1.807, 2.05) is 0 Å². The molecule has 0 saturated carbocycles. The summed E-state index contributed by atoms with van der Waals surface area (Å²) in [5.74, 6) is 0.748. The second-order valence-electron chi connectivity index (χ2n) is 8.09. The van der Waals surface area contributed by atoms with Crippen molar-refractivity contribution in [3.63, 3.8) is 0 Å². The van der Waals surface area contributed by atoms with Gasteiger partial charge in [-0.3, -0.25) is 13.9 Å². The molecule has 0 spiro atoms. The monoisotopic (exact) mass is 460 g/mol. The van der Waals surface area contributed by atoms with Gasteiger partial charge in [-0.05, 0) is 18.2 Å². The number of fused-ring (bicyclic) bond motifs is 2. The minimum absolute atomic E-state index is 0.184. The van der Waals surface area contributed by atoms with E-state index >= 15 is 0 Å². The van der Waals surface area contributed by atoms with Gasteiger partial charge in [0, 0.05) is 57.6 Å². The number of halogens is 1. The van der Waals surface area contributed by atoms with Crippen molar-refractivity contribution in [3.05, 3.63) is 64.6 Å². The van der Waals surface area contributed by atoms with Gasteiger partial charge < -0.3 is 19.8 Å². The molecule has 4 aromatic rings. The summed E-state index contributed by atoms with van der Waals surface area (Å²) in [6, 6.07) is 4.71. The summed E-state index contributed by atoms with van der Waals surface area (Å²) in [4.78, 5) is 26.2. The molecule has 10 nitrogen and oxygen atoms in total. The number of carbonyl (C=O) groups is 1. The molecule has 0 saturated heterocycles. The minimum atomic E-state index is -0.315. The van der Waals surface area contributed by atoms with Crippen LogP contribution in [-0.2, 0) is 20.0 Å². The number of amides is 1. The molecular formula is C23H21FN8O2. The summed E-state index contributed by atoms with van der Waals surface area (Å²) in [5, 5.41) is 7.49. The maximum Gasteiger partial charge on any atom is 0.288 e. The molecule has 172 valence electrons. The van der Waals surface area contributed by atoms with Gasteiger partial charge in [0.15, 0.2) is 5.69 Å². The first-order valence-corrected chi connectivity index (χ1v) is 10.6. The van der Waals surface area contributed by atoms with Crippen molar-refractivity contribution in [2.75, 3.05) is 26.0 Å². The fraction of sp³-hybridized carbons (Fsp3) is 0.261. The zero-order valence-electron chi connectivity index (χ0n) is 18.8. The van der Waals surface area contributed by atoms with Crippen molar-refractivity contribution in [3.8, 4) is 17.0 Å². The Balaban J connectivity index is 1.54. The lowest BCUT2D eigenvalue weighted by Crippen LogP contribution is -2.22. The lowest BCUT2D eigenvalue weighted by Gasteiger charge is -2.12. The van der Waals surface area contributed by atoms with Gasteiger partial charge in [-0.15, -0.1) is 0 Å². The van der Waals surface area contributed by atoms with Gasteiger partial charge in [0.2, 0.25) is 11.6 Å². The lowest BCUT2D eigenvalue weighted by atomic mass is 10.0. The van der Waals surface area contributed by atoms with Crippen LogP contribution in [-0.4, -0.2) is 55.7 Å². The van der Waals surface area contributed by atoms with E-state index in [-0.39, 0.29) is 29.8 Å². The van der Waals surface area contributed by atoms with Crippen LogP contribution in [0.5, 0.6) is 5.75 Å². The number of hydrogen-bond acceptors (Lipinski definition) is 6. The molecule has 0 fully saturated rings. The molecule has 1 aliphatic rings. The Kier molecular flexibility index (Phi) is 5.13. The lowest BCUT2D eigenvalue weighted by molar-refractivity contribution is 0.0821. The predicted octanol–water partition coefficient (Wildman–Crippen LogP) is 3.07. The number of imidazole rings is 1. The Morgan fingerprint density at radius 3 is 2.97 bits per heavy atom. The highest BCUT2D eigenvalue weighted by atomic mass is 19.1. The van der Waals surface area contributed by atoms with Crippen LogP contribution in [0.3, 0.4) is 0 Å². The summed E-state index contributed by atoms with van der Waals surface area (Å²) in [6.45, 7) is 8.12. The number of aromatic nitrogens is 5. The van der Waals surface area contributed by atoms with E-state index in [1.165, 1.54) is 11.0 Å². The normalized spacial score (nSPS) is 12.3. The van der Waals surface area contributed by atoms with Crippen molar-refractivity contribution < 1.29 is 13.9 Å². The summed E-state index contributed by atoms with van der Waals surface area (Å²) in [6.07, 6.45) is 3.82. The average molecular weight is 460 g/mol. The van der Waals surface area contributed by atoms with E-state index < -0.39 is 0 Å². The van der Waals surface area contributed by atoms with Crippen LogP contribution >= 0.6 is 0 Å². The maximum absolute atomic E-state index is 14.6. The Morgan fingerprint density at radius 1 is 1.38 bits per heavy atom. The molecular weight excluding hydrogens is 439 g/mol. The topological polar surface area (TPSA) is 93.9 Å². The number of hydrogen-bond donors (Lipinski definition) is 1. The zero-order valence-corrected chi connectivity index (χ0v) is 18.8. The van der Waals surface area contributed by atoms with Crippen LogP contribution in [0.2, 0.25) is 0 Å². The fourth-order valence-electron chi connectivity index (χ4n) is 4.06. The van der Waals surface area contributed by atoms with Crippen LogP contribution in [0, 0.1) is 12.4 Å². The third-order valence-corrected chi connectivity index (χ3v) is 5.74. The molecule has 5 rings (SSSR count). The number of benzene rings is 1. The average Bonchev–Trinajstić information content (AvgIpc) is 3.55. The highest BCUT2D eigenvalue weighted by molar-refractivity contribution is 5.93. The molecule has 11 heteroatoms. The van der Waals surface area contributed by atoms with E-state index in [1.54, 1.807) is 54.8 Å². The molecule has 1 amide bonds. The molecule has 0 atom stereocenters. The SMILES string of the molecule is [C-]#[N+]c1cn2c(NCc3c(F)ccc4c3CCO4)ncc(-c3cc(C(=O)N(C)C)nn3C)c2n1. The number of aryl methyl sites for hydroxylation is 1. The third kappa shape index (κ3) is 3.49. The predicted molar refractivity (Wildman–Crippen MR) is 122 cm³/mol. The molecule has 3 aromatic heterocycles. The number of nitrogens with one attached hydrogen (secondary N) is 1. The van der Waals surface area contributed by atoms with E-state index in [0.717, 1.165) is 5.56 Å². The van der Waals surface area contributed by atoms with Crippen LogP contribution in [0.1, 0.15) is 21.6 Å². The summed E-state index contributed by atoms with van der Waals surface area (Å²) in [7, 11) is 5.04. The van der Waals surface area contributed by atoms with Crippen molar-refractivity contribution in [1.82, 2.24) is 29.0 Å². The highest BCUT2D eigenvalue weighted by Gasteiger charge is 2.23. The van der Waals surface area contributed by atoms with Gasteiger partial charge in [0.25, 0.3) is 11.7 Å². The molecule has 1 N–H and O–H groups in total. The first kappa shape index (κ1) is 21.4. The second-order valence-corrected chi connectivity index (χ2v) is 8.09. The van der Waals surface area contributed by atoms with E-state index in [0.29, 0.717) is 47.2 Å². The zero-order chi connectivity index (χ0) is 24.0. The van der Waals surface area contributed by atoms with Crippen LogP contribution in [0.4, 0.5) is 16.2 Å². The van der Waals surface area contributed by atoms with Gasteiger partial charge >= 0.3 is 0 Å². The number of rotatable bonds is 5. The Morgan fingerprint density at radius 2 is 2.21 bits per heavy atom. The molecule has 0 unspecified atom stereocenters. The van der Waals surface area contributed by atoms with Crippen LogP contribution < -0.4 is 10.1 Å². The molecule has 0 bridgehead atoms. The summed E-state index contributed by atoms with van der Waals surface area (Å²) < 4.78 is 23.3. The summed E-state index contributed by atoms with van der Waals surface area (Å²) >= 11 is 0. The quantitative estimate of drug-likeness (QED) is 0.460. The second kappa shape index (κ2) is 8.15. The molecule has 1 aromatic carbocycles. The van der Waals surface area contributed by atoms with E-state index in [9.17, 15) is 9.18 Å². The van der Waals surface area contributed by atoms with Gasteiger partial charge in [-0.1, -0.05) is 11.6 Å². The number of anilines is 1. The van der Waals surface area contributed by atoms with Gasteiger partial charge in [0.05, 0.1) is 17.9 Å². The van der Waals surface area contributed by atoms with Crippen molar-refractivity contribution in [2.45, 2.75) is 13.0 Å². The molecule has 0 aliphatic carbocycles. The first-order chi connectivity index (χ1) is 16.4. The Bertz CT molecular complexity index is 1480. The Hall–Kier alpha value is -4.46. The van der Waals surface area contributed by atoms with Crippen LogP contribution in [0.25, 0.3) is 21.7 Å². The molecule has 0 radical (unpaired) electrons.